The van der Waals surface area contributed by atoms with Crippen LogP contribution in [0.25, 0.3) is 22.4 Å². The van der Waals surface area contributed by atoms with Crippen molar-refractivity contribution in [1.29, 1.82) is 0 Å². The zero-order valence-corrected chi connectivity index (χ0v) is 12.6. The van der Waals surface area contributed by atoms with Crippen LogP contribution in [0, 0.1) is 6.92 Å². The lowest BCUT2D eigenvalue weighted by molar-refractivity contribution is 1.14. The maximum absolute atomic E-state index is 4.66. The molecule has 0 spiro atoms. The minimum Gasteiger partial charge on any atom is -0.338 e. The first-order valence-electron chi connectivity index (χ1n) is 6.42. The Hall–Kier alpha value is -1.61. The van der Waals surface area contributed by atoms with Gasteiger partial charge in [-0.05, 0) is 48.7 Å². The van der Waals surface area contributed by atoms with Crippen LogP contribution < -0.4 is 0 Å². The molecule has 1 aromatic heterocycles. The number of aromatic nitrogens is 2. The Morgan fingerprint density at radius 1 is 1.16 bits per heavy atom. The van der Waals surface area contributed by atoms with Crippen LogP contribution in [-0.2, 0) is 6.42 Å². The lowest BCUT2D eigenvalue weighted by Gasteiger charge is -2.01. The number of fused-ring (bicyclic) bond motifs is 1. The maximum Gasteiger partial charge on any atom is 0.139 e. The largest absolute Gasteiger partial charge is 0.338 e. The molecule has 3 rings (SSSR count). The predicted molar refractivity (Wildman–Crippen MR) is 83.3 cm³/mol. The van der Waals surface area contributed by atoms with Gasteiger partial charge in [-0.25, -0.2) is 4.98 Å². The van der Waals surface area contributed by atoms with E-state index in [1.165, 1.54) is 11.1 Å². The number of imidazole rings is 1. The number of rotatable bonds is 2. The molecule has 0 aliphatic carbocycles. The molecule has 0 unspecified atom stereocenters. The highest BCUT2D eigenvalue weighted by Crippen LogP contribution is 2.28. The number of hydrogen-bond acceptors (Lipinski definition) is 1. The van der Waals surface area contributed by atoms with Crippen molar-refractivity contribution in [2.24, 2.45) is 0 Å². The summed E-state index contributed by atoms with van der Waals surface area (Å²) in [6, 6.07) is 12.7. The van der Waals surface area contributed by atoms with Crippen LogP contribution in [0.3, 0.4) is 0 Å². The maximum atomic E-state index is 4.66. The van der Waals surface area contributed by atoms with Crippen molar-refractivity contribution >= 4 is 27.0 Å². The molecule has 0 amide bonds. The molecule has 0 radical (unpaired) electrons. The molecule has 19 heavy (non-hydrogen) atoms. The van der Waals surface area contributed by atoms with Crippen molar-refractivity contribution in [3.63, 3.8) is 0 Å². The van der Waals surface area contributed by atoms with Crippen LogP contribution in [0.2, 0.25) is 0 Å². The molecule has 0 aliphatic rings. The number of nitrogens with one attached hydrogen (secondary N) is 1. The van der Waals surface area contributed by atoms with Crippen LogP contribution in [0.15, 0.2) is 40.9 Å². The van der Waals surface area contributed by atoms with Gasteiger partial charge in [0.2, 0.25) is 0 Å². The topological polar surface area (TPSA) is 28.7 Å². The summed E-state index contributed by atoms with van der Waals surface area (Å²) >= 11 is 3.61. The van der Waals surface area contributed by atoms with Crippen molar-refractivity contribution in [2.75, 3.05) is 0 Å². The number of halogens is 1. The molecule has 2 nitrogen and oxygen atoms in total. The summed E-state index contributed by atoms with van der Waals surface area (Å²) in [6.45, 7) is 4.25. The SMILES string of the molecule is CCc1ccc2nc(-c3ccc(C)cc3Br)[nH]c2c1. The average Bonchev–Trinajstić information content (AvgIpc) is 2.80. The third-order valence-corrected chi connectivity index (χ3v) is 3.99. The molecule has 0 saturated carbocycles. The second-order valence-corrected chi connectivity index (χ2v) is 5.63. The summed E-state index contributed by atoms with van der Waals surface area (Å²) in [7, 11) is 0. The number of hydrogen-bond donors (Lipinski definition) is 1. The molecule has 0 fully saturated rings. The van der Waals surface area contributed by atoms with Gasteiger partial charge in [0.25, 0.3) is 0 Å². The number of nitrogens with zero attached hydrogens (tertiary/aromatic N) is 1. The Morgan fingerprint density at radius 3 is 2.74 bits per heavy atom. The quantitative estimate of drug-likeness (QED) is 0.718. The summed E-state index contributed by atoms with van der Waals surface area (Å²) < 4.78 is 1.07. The molecule has 0 aliphatic heterocycles. The molecule has 3 aromatic rings. The van der Waals surface area contributed by atoms with E-state index in [2.05, 4.69) is 76.1 Å². The average molecular weight is 315 g/mol. The Labute approximate surface area is 121 Å². The Balaban J connectivity index is 2.14. The van der Waals surface area contributed by atoms with Gasteiger partial charge in [-0.3, -0.25) is 0 Å². The number of benzene rings is 2. The first kappa shape index (κ1) is 12.4. The number of aryl methyl sites for hydroxylation is 2. The molecule has 1 N–H and O–H groups in total. The van der Waals surface area contributed by atoms with Crippen molar-refractivity contribution in [2.45, 2.75) is 20.3 Å². The summed E-state index contributed by atoms with van der Waals surface area (Å²) in [5.41, 5.74) is 5.77. The predicted octanol–water partition coefficient (Wildman–Crippen LogP) is 4.86. The van der Waals surface area contributed by atoms with Gasteiger partial charge in [0.05, 0.1) is 11.0 Å². The molecule has 3 heteroatoms. The smallest absolute Gasteiger partial charge is 0.139 e. The van der Waals surface area contributed by atoms with Crippen LogP contribution in [-0.4, -0.2) is 9.97 Å². The van der Waals surface area contributed by atoms with Gasteiger partial charge in [0.1, 0.15) is 5.82 Å². The van der Waals surface area contributed by atoms with Gasteiger partial charge >= 0.3 is 0 Å². The summed E-state index contributed by atoms with van der Waals surface area (Å²) in [6.07, 6.45) is 1.04. The van der Waals surface area contributed by atoms with Crippen LogP contribution in [0.4, 0.5) is 0 Å². The first-order chi connectivity index (χ1) is 9.17. The van der Waals surface area contributed by atoms with Gasteiger partial charge in [-0.1, -0.05) is 35.0 Å². The second kappa shape index (κ2) is 4.82. The van der Waals surface area contributed by atoms with Gasteiger partial charge in [-0.15, -0.1) is 0 Å². The van der Waals surface area contributed by atoms with Crippen LogP contribution in [0.5, 0.6) is 0 Å². The summed E-state index contributed by atoms with van der Waals surface area (Å²) in [5.74, 6) is 0.912. The van der Waals surface area contributed by atoms with E-state index in [4.69, 9.17) is 0 Å². The van der Waals surface area contributed by atoms with Crippen molar-refractivity contribution in [3.8, 4) is 11.4 Å². The highest BCUT2D eigenvalue weighted by Gasteiger charge is 2.09. The Morgan fingerprint density at radius 2 is 2.00 bits per heavy atom. The van der Waals surface area contributed by atoms with Crippen molar-refractivity contribution in [3.05, 3.63) is 52.0 Å². The van der Waals surface area contributed by atoms with E-state index in [-0.39, 0.29) is 0 Å². The summed E-state index contributed by atoms with van der Waals surface area (Å²) in [5, 5.41) is 0. The van der Waals surface area contributed by atoms with Gasteiger partial charge in [-0.2, -0.15) is 0 Å². The monoisotopic (exact) mass is 314 g/mol. The van der Waals surface area contributed by atoms with Gasteiger partial charge < -0.3 is 4.98 Å². The van der Waals surface area contributed by atoms with E-state index in [1.807, 2.05) is 0 Å². The van der Waals surface area contributed by atoms with Crippen molar-refractivity contribution in [1.82, 2.24) is 9.97 Å². The normalized spacial score (nSPS) is 11.1. The first-order valence-corrected chi connectivity index (χ1v) is 7.22. The highest BCUT2D eigenvalue weighted by atomic mass is 79.9. The van der Waals surface area contributed by atoms with E-state index in [1.54, 1.807) is 0 Å². The van der Waals surface area contributed by atoms with Gasteiger partial charge in [0, 0.05) is 10.0 Å². The van der Waals surface area contributed by atoms with Crippen LogP contribution >= 0.6 is 15.9 Å². The zero-order chi connectivity index (χ0) is 13.4. The van der Waals surface area contributed by atoms with E-state index in [0.29, 0.717) is 0 Å². The fraction of sp³-hybridized carbons (Fsp3) is 0.188. The molecule has 0 bridgehead atoms. The summed E-state index contributed by atoms with van der Waals surface area (Å²) in [4.78, 5) is 8.07. The molecule has 1 heterocycles. The standard InChI is InChI=1S/C16H15BrN2/c1-3-11-5-7-14-15(9-11)19-16(18-14)12-6-4-10(2)8-13(12)17/h4-9H,3H2,1-2H3,(H,18,19). The van der Waals surface area contributed by atoms with Crippen LogP contribution in [0.1, 0.15) is 18.1 Å². The molecule has 2 aromatic carbocycles. The molecular weight excluding hydrogens is 300 g/mol. The van der Waals surface area contributed by atoms with E-state index in [9.17, 15) is 0 Å². The molecule has 96 valence electrons. The molecule has 0 saturated heterocycles. The molecular formula is C16H15BrN2. The lowest BCUT2D eigenvalue weighted by atomic mass is 10.1. The number of H-pyrrole nitrogens is 1. The number of aromatic amines is 1. The van der Waals surface area contributed by atoms with E-state index >= 15 is 0 Å². The minimum absolute atomic E-state index is 0.912. The fourth-order valence-electron chi connectivity index (χ4n) is 2.22. The van der Waals surface area contributed by atoms with E-state index in [0.717, 1.165) is 33.3 Å². The zero-order valence-electron chi connectivity index (χ0n) is 11.0. The highest BCUT2D eigenvalue weighted by molar-refractivity contribution is 9.10. The second-order valence-electron chi connectivity index (χ2n) is 4.77. The Kier molecular flexibility index (Phi) is 3.15. The third kappa shape index (κ3) is 2.30. The van der Waals surface area contributed by atoms with E-state index < -0.39 is 0 Å². The van der Waals surface area contributed by atoms with Gasteiger partial charge in [0.15, 0.2) is 0 Å². The lowest BCUT2D eigenvalue weighted by Crippen LogP contribution is -1.83. The molecule has 0 atom stereocenters. The Bertz CT molecular complexity index is 744. The minimum atomic E-state index is 0.912. The fourth-order valence-corrected chi connectivity index (χ4v) is 2.90. The van der Waals surface area contributed by atoms with Crippen molar-refractivity contribution < 1.29 is 0 Å². The third-order valence-electron chi connectivity index (χ3n) is 3.33.